The van der Waals surface area contributed by atoms with Crippen LogP contribution in [-0.4, -0.2) is 12.6 Å². The number of carbonyl (C=O) groups excluding carboxylic acids is 1. The summed E-state index contributed by atoms with van der Waals surface area (Å²) in [5.41, 5.74) is 6.98. The molecule has 2 aromatic carbocycles. The summed E-state index contributed by atoms with van der Waals surface area (Å²) in [6, 6.07) is 19.2. The lowest BCUT2D eigenvalue weighted by molar-refractivity contribution is -0.137. The first-order valence-electron chi connectivity index (χ1n) is 10.9. The van der Waals surface area contributed by atoms with E-state index in [0.29, 0.717) is 17.4 Å². The second-order valence-corrected chi connectivity index (χ2v) is 9.91. The first-order chi connectivity index (χ1) is 14.2. The summed E-state index contributed by atoms with van der Waals surface area (Å²) < 4.78 is 4.97. The van der Waals surface area contributed by atoms with Crippen molar-refractivity contribution in [1.29, 1.82) is 0 Å². The second kappa shape index (κ2) is 9.04. The van der Waals surface area contributed by atoms with Crippen molar-refractivity contribution >= 4 is 17.6 Å². The molecule has 0 unspecified atom stereocenters. The minimum atomic E-state index is -0.305. The number of allylic oxidation sites excluding steroid dienone is 1. The van der Waals surface area contributed by atoms with Crippen LogP contribution in [0.15, 0.2) is 66.2 Å². The number of benzene rings is 2. The Balaban J connectivity index is 2.01. The zero-order valence-electron chi connectivity index (χ0n) is 19.0. The molecule has 1 aliphatic carbocycles. The van der Waals surface area contributed by atoms with Crippen LogP contribution < -0.4 is 0 Å². The van der Waals surface area contributed by atoms with Gasteiger partial charge in [0.1, 0.15) is 0 Å². The number of hydrogen-bond acceptors (Lipinski definition) is 2. The van der Waals surface area contributed by atoms with Crippen LogP contribution in [0.5, 0.6) is 0 Å². The molecular weight excluding hydrogens is 368 g/mol. The third kappa shape index (κ3) is 5.72. The van der Waals surface area contributed by atoms with Crippen molar-refractivity contribution in [2.75, 3.05) is 6.61 Å². The Morgan fingerprint density at radius 3 is 2.03 bits per heavy atom. The quantitative estimate of drug-likeness (QED) is 0.387. The van der Waals surface area contributed by atoms with E-state index in [1.807, 2.05) is 13.0 Å². The molecule has 2 nitrogen and oxygen atoms in total. The summed E-state index contributed by atoms with van der Waals surface area (Å²) >= 11 is 0. The van der Waals surface area contributed by atoms with Crippen LogP contribution in [0, 0.1) is 10.8 Å². The number of hydrogen-bond donors (Lipinski definition) is 0. The molecule has 1 fully saturated rings. The van der Waals surface area contributed by atoms with Gasteiger partial charge in [0.2, 0.25) is 0 Å². The summed E-state index contributed by atoms with van der Waals surface area (Å²) in [5.74, 6) is -0.305. The predicted molar refractivity (Wildman–Crippen MR) is 126 cm³/mol. The Morgan fingerprint density at radius 2 is 1.47 bits per heavy atom. The van der Waals surface area contributed by atoms with Gasteiger partial charge in [-0.05, 0) is 65.4 Å². The molecular formula is C28H34O2. The molecule has 3 rings (SSSR count). The summed E-state index contributed by atoms with van der Waals surface area (Å²) in [6.07, 6.45) is 6.77. The lowest BCUT2D eigenvalue weighted by Gasteiger charge is -2.43. The van der Waals surface area contributed by atoms with Gasteiger partial charge in [-0.2, -0.15) is 0 Å². The fraction of sp³-hybridized carbons (Fsp3) is 0.393. The van der Waals surface area contributed by atoms with Gasteiger partial charge in [0.05, 0.1) is 6.61 Å². The van der Waals surface area contributed by atoms with E-state index in [1.165, 1.54) is 34.8 Å². The van der Waals surface area contributed by atoms with Crippen molar-refractivity contribution in [3.8, 4) is 0 Å². The Kier molecular flexibility index (Phi) is 6.65. The Morgan fingerprint density at radius 1 is 0.900 bits per heavy atom. The van der Waals surface area contributed by atoms with E-state index in [4.69, 9.17) is 4.74 Å². The molecule has 0 heterocycles. The maximum Gasteiger partial charge on any atom is 0.330 e. The van der Waals surface area contributed by atoms with Gasteiger partial charge in [0.25, 0.3) is 0 Å². The third-order valence-corrected chi connectivity index (χ3v) is 5.65. The van der Waals surface area contributed by atoms with E-state index >= 15 is 0 Å². The van der Waals surface area contributed by atoms with Crippen molar-refractivity contribution in [3.05, 3.63) is 82.9 Å². The minimum absolute atomic E-state index is 0.291. The normalized spacial score (nSPS) is 17.7. The van der Waals surface area contributed by atoms with Crippen LogP contribution in [0.2, 0.25) is 0 Å². The fourth-order valence-corrected chi connectivity index (χ4v) is 5.11. The second-order valence-electron chi connectivity index (χ2n) is 9.91. The SMILES string of the molecule is CCOC(=O)/C=C/c1ccc(C(=C2CC(C)(C)CC(C)(C)C2)c2ccccc2)cc1. The van der Waals surface area contributed by atoms with Gasteiger partial charge in [-0.15, -0.1) is 0 Å². The van der Waals surface area contributed by atoms with Crippen molar-refractivity contribution in [2.24, 2.45) is 10.8 Å². The van der Waals surface area contributed by atoms with Gasteiger partial charge >= 0.3 is 5.97 Å². The third-order valence-electron chi connectivity index (χ3n) is 5.65. The van der Waals surface area contributed by atoms with Crippen LogP contribution in [0.1, 0.15) is 70.6 Å². The molecule has 2 heteroatoms. The highest BCUT2D eigenvalue weighted by molar-refractivity contribution is 5.87. The highest BCUT2D eigenvalue weighted by atomic mass is 16.5. The zero-order valence-corrected chi connectivity index (χ0v) is 19.0. The molecule has 0 aromatic heterocycles. The maximum absolute atomic E-state index is 11.6. The molecule has 1 aliphatic rings. The minimum Gasteiger partial charge on any atom is -0.463 e. The van der Waals surface area contributed by atoms with Crippen molar-refractivity contribution < 1.29 is 9.53 Å². The molecule has 0 saturated heterocycles. The number of carbonyl (C=O) groups is 1. The van der Waals surface area contributed by atoms with E-state index in [9.17, 15) is 4.79 Å². The molecule has 0 N–H and O–H groups in total. The predicted octanol–water partition coefficient (Wildman–Crippen LogP) is 7.30. The molecule has 0 atom stereocenters. The summed E-state index contributed by atoms with van der Waals surface area (Å²) in [5, 5.41) is 0. The van der Waals surface area contributed by atoms with Crippen molar-refractivity contribution in [3.63, 3.8) is 0 Å². The first kappa shape index (κ1) is 22.1. The van der Waals surface area contributed by atoms with Gasteiger partial charge < -0.3 is 4.74 Å². The summed E-state index contributed by atoms with van der Waals surface area (Å²) in [6.45, 7) is 11.8. The maximum atomic E-state index is 11.6. The standard InChI is InChI=1S/C28H34O2/c1-6-30-25(29)17-14-21-12-15-23(16-13-21)26(22-10-8-7-9-11-22)24-18-27(2,3)20-28(4,5)19-24/h7-17H,6,18-20H2,1-5H3/b17-14+. The van der Waals surface area contributed by atoms with Gasteiger partial charge in [-0.3, -0.25) is 0 Å². The molecule has 1 saturated carbocycles. The summed E-state index contributed by atoms with van der Waals surface area (Å²) in [4.78, 5) is 11.6. The number of rotatable bonds is 5. The average Bonchev–Trinajstić information content (AvgIpc) is 2.66. The fourth-order valence-electron chi connectivity index (χ4n) is 5.11. The van der Waals surface area contributed by atoms with Gasteiger partial charge in [-0.25, -0.2) is 4.79 Å². The van der Waals surface area contributed by atoms with Crippen molar-refractivity contribution in [1.82, 2.24) is 0 Å². The van der Waals surface area contributed by atoms with Gasteiger partial charge in [0.15, 0.2) is 0 Å². The lowest BCUT2D eigenvalue weighted by Crippen LogP contribution is -2.30. The molecule has 2 aromatic rings. The number of ether oxygens (including phenoxy) is 1. The topological polar surface area (TPSA) is 26.3 Å². The molecule has 0 amide bonds. The average molecular weight is 403 g/mol. The molecule has 30 heavy (non-hydrogen) atoms. The molecule has 0 bridgehead atoms. The van der Waals surface area contributed by atoms with E-state index in [1.54, 1.807) is 0 Å². The zero-order chi connectivity index (χ0) is 21.8. The largest absolute Gasteiger partial charge is 0.463 e. The Hall–Kier alpha value is -2.61. The lowest BCUT2D eigenvalue weighted by atomic mass is 9.62. The van der Waals surface area contributed by atoms with Crippen LogP contribution >= 0.6 is 0 Å². The molecule has 0 spiro atoms. The first-order valence-corrected chi connectivity index (χ1v) is 10.9. The number of esters is 1. The smallest absolute Gasteiger partial charge is 0.330 e. The van der Waals surface area contributed by atoms with E-state index < -0.39 is 0 Å². The Bertz CT molecular complexity index is 910. The molecule has 0 radical (unpaired) electrons. The monoisotopic (exact) mass is 402 g/mol. The summed E-state index contributed by atoms with van der Waals surface area (Å²) in [7, 11) is 0. The molecule has 0 aliphatic heterocycles. The van der Waals surface area contributed by atoms with E-state index in [0.717, 1.165) is 18.4 Å². The van der Waals surface area contributed by atoms with Crippen LogP contribution in [0.3, 0.4) is 0 Å². The Labute approximate surface area is 181 Å². The molecule has 158 valence electrons. The van der Waals surface area contributed by atoms with Crippen LogP contribution in [-0.2, 0) is 9.53 Å². The highest BCUT2D eigenvalue weighted by Gasteiger charge is 2.37. The van der Waals surface area contributed by atoms with E-state index in [2.05, 4.69) is 82.3 Å². The van der Waals surface area contributed by atoms with Crippen molar-refractivity contribution in [2.45, 2.75) is 53.9 Å². The van der Waals surface area contributed by atoms with Gasteiger partial charge in [-0.1, -0.05) is 87.9 Å². The van der Waals surface area contributed by atoms with Gasteiger partial charge in [0, 0.05) is 6.08 Å². The van der Waals surface area contributed by atoms with Crippen LogP contribution in [0.25, 0.3) is 11.6 Å². The highest BCUT2D eigenvalue weighted by Crippen LogP contribution is 2.50. The van der Waals surface area contributed by atoms with Crippen LogP contribution in [0.4, 0.5) is 0 Å². The van der Waals surface area contributed by atoms with E-state index in [-0.39, 0.29) is 5.97 Å².